The van der Waals surface area contributed by atoms with Crippen LogP contribution in [0.2, 0.25) is 0 Å². The molecule has 0 saturated heterocycles. The highest BCUT2D eigenvalue weighted by Gasteiger charge is 2.18. The van der Waals surface area contributed by atoms with Crippen molar-refractivity contribution in [3.8, 4) is 0 Å². The van der Waals surface area contributed by atoms with Crippen LogP contribution in [0.4, 0.5) is 0 Å². The molecule has 6 nitrogen and oxygen atoms in total. The second-order valence-corrected chi connectivity index (χ2v) is 8.14. The van der Waals surface area contributed by atoms with Gasteiger partial charge in [-0.1, -0.05) is 6.07 Å². The van der Waals surface area contributed by atoms with E-state index < -0.39 is 19.1 Å². The van der Waals surface area contributed by atoms with Gasteiger partial charge in [0.05, 0.1) is 15.9 Å². The molecule has 1 unspecified atom stereocenters. The van der Waals surface area contributed by atoms with E-state index in [0.29, 0.717) is 0 Å². The van der Waals surface area contributed by atoms with Gasteiger partial charge in [0.1, 0.15) is 0 Å². The Morgan fingerprint density at radius 3 is 2.37 bits per heavy atom. The lowest BCUT2D eigenvalue weighted by atomic mass is 10.4. The number of hydrogen-bond donors (Lipinski definition) is 1. The Hall–Kier alpha value is -0.670. The molecule has 0 aliphatic heterocycles. The van der Waals surface area contributed by atoms with Gasteiger partial charge in [-0.3, -0.25) is 0 Å². The van der Waals surface area contributed by atoms with E-state index in [2.05, 4.69) is 4.72 Å². The molecule has 0 bridgehead atoms. The number of methoxy groups -OCH3 is 1. The van der Waals surface area contributed by atoms with Crippen molar-refractivity contribution in [3.05, 3.63) is 24.3 Å². The summed E-state index contributed by atoms with van der Waals surface area (Å²) < 4.78 is 53.4. The van der Waals surface area contributed by atoms with Gasteiger partial charge in [0.25, 0.3) is 9.05 Å². The summed E-state index contributed by atoms with van der Waals surface area (Å²) in [5.74, 6) is 0. The molecule has 0 spiro atoms. The maximum atomic E-state index is 11.9. The van der Waals surface area contributed by atoms with E-state index in [4.69, 9.17) is 15.4 Å². The molecule has 0 fully saturated rings. The molecule has 0 aliphatic rings. The molecule has 1 aromatic rings. The Kier molecular flexibility index (Phi) is 5.34. The summed E-state index contributed by atoms with van der Waals surface area (Å²) in [5.41, 5.74) is 0. The standard InChI is InChI=1S/C10H14ClNO5S2/c1-8(17-2)7-12-19(15,16)10-5-3-4-9(6-10)18(11,13)14/h3-6,8,12H,7H2,1-2H3. The number of sulfonamides is 1. The molecule has 0 aliphatic carbocycles. The van der Waals surface area contributed by atoms with Crippen LogP contribution in [0.1, 0.15) is 6.92 Å². The molecule has 9 heteroatoms. The SMILES string of the molecule is COC(C)CNS(=O)(=O)c1cccc(S(=O)(=O)Cl)c1. The van der Waals surface area contributed by atoms with Gasteiger partial charge in [-0.2, -0.15) is 0 Å². The molecule has 0 saturated carbocycles. The number of ether oxygens (including phenoxy) is 1. The van der Waals surface area contributed by atoms with Gasteiger partial charge >= 0.3 is 0 Å². The first-order valence-corrected chi connectivity index (χ1v) is 9.03. The third-order valence-electron chi connectivity index (χ3n) is 2.36. The predicted molar refractivity (Wildman–Crippen MR) is 71.1 cm³/mol. The molecule has 1 aromatic carbocycles. The molecule has 1 atom stereocenters. The van der Waals surface area contributed by atoms with E-state index in [1.54, 1.807) is 6.92 Å². The zero-order valence-electron chi connectivity index (χ0n) is 10.3. The van der Waals surface area contributed by atoms with Crippen molar-refractivity contribution in [1.29, 1.82) is 0 Å². The maximum Gasteiger partial charge on any atom is 0.261 e. The van der Waals surface area contributed by atoms with Gasteiger partial charge in [0.15, 0.2) is 0 Å². The van der Waals surface area contributed by atoms with Crippen LogP contribution in [0.25, 0.3) is 0 Å². The first-order chi connectivity index (χ1) is 8.66. The summed E-state index contributed by atoms with van der Waals surface area (Å²) in [7, 11) is -1.14. The average Bonchev–Trinajstić information content (AvgIpc) is 2.35. The van der Waals surface area contributed by atoms with E-state index in [9.17, 15) is 16.8 Å². The van der Waals surface area contributed by atoms with Gasteiger partial charge in [-0.25, -0.2) is 21.6 Å². The molecule has 19 heavy (non-hydrogen) atoms. The molecule has 0 amide bonds. The van der Waals surface area contributed by atoms with E-state index in [1.807, 2.05) is 0 Å². The van der Waals surface area contributed by atoms with Crippen LogP contribution in [0, 0.1) is 0 Å². The van der Waals surface area contributed by atoms with E-state index in [0.717, 1.165) is 6.07 Å². The Morgan fingerprint density at radius 2 is 1.84 bits per heavy atom. The summed E-state index contributed by atoms with van der Waals surface area (Å²) in [6, 6.07) is 4.82. The largest absolute Gasteiger partial charge is 0.380 e. The number of halogens is 1. The monoisotopic (exact) mass is 327 g/mol. The highest BCUT2D eigenvalue weighted by molar-refractivity contribution is 8.13. The summed E-state index contributed by atoms with van der Waals surface area (Å²) in [4.78, 5) is -0.436. The Morgan fingerprint density at radius 1 is 1.26 bits per heavy atom. The van der Waals surface area contributed by atoms with Crippen molar-refractivity contribution in [2.24, 2.45) is 0 Å². The van der Waals surface area contributed by atoms with Crippen molar-refractivity contribution in [3.63, 3.8) is 0 Å². The Labute approximate surface area is 117 Å². The normalized spacial score (nSPS) is 14.3. The van der Waals surface area contributed by atoms with Gasteiger partial charge < -0.3 is 4.74 Å². The number of nitrogens with one attached hydrogen (secondary N) is 1. The molecule has 0 aromatic heterocycles. The molecule has 0 heterocycles. The van der Waals surface area contributed by atoms with Gasteiger partial charge in [0, 0.05) is 24.3 Å². The van der Waals surface area contributed by atoms with Crippen LogP contribution in [0.3, 0.4) is 0 Å². The fourth-order valence-corrected chi connectivity index (χ4v) is 3.22. The lowest BCUT2D eigenvalue weighted by molar-refractivity contribution is 0.122. The lowest BCUT2D eigenvalue weighted by Crippen LogP contribution is -2.31. The van der Waals surface area contributed by atoms with Crippen molar-refractivity contribution in [2.75, 3.05) is 13.7 Å². The molecule has 1 N–H and O–H groups in total. The van der Waals surface area contributed by atoms with Crippen molar-refractivity contribution < 1.29 is 21.6 Å². The first kappa shape index (κ1) is 16.4. The van der Waals surface area contributed by atoms with Crippen LogP contribution in [0.5, 0.6) is 0 Å². The zero-order valence-corrected chi connectivity index (χ0v) is 12.7. The van der Waals surface area contributed by atoms with Crippen LogP contribution >= 0.6 is 10.7 Å². The van der Waals surface area contributed by atoms with Crippen molar-refractivity contribution in [1.82, 2.24) is 4.72 Å². The molecule has 1 rings (SSSR count). The smallest absolute Gasteiger partial charge is 0.261 e. The molecular formula is C10H14ClNO5S2. The topological polar surface area (TPSA) is 89.5 Å². The number of rotatable bonds is 6. The maximum absolute atomic E-state index is 11.9. The summed E-state index contributed by atoms with van der Waals surface area (Å²) >= 11 is 0. The lowest BCUT2D eigenvalue weighted by Gasteiger charge is -2.11. The van der Waals surface area contributed by atoms with Gasteiger partial charge in [-0.15, -0.1) is 0 Å². The molecular weight excluding hydrogens is 314 g/mol. The second kappa shape index (κ2) is 6.19. The molecule has 0 radical (unpaired) electrons. The van der Waals surface area contributed by atoms with Crippen LogP contribution < -0.4 is 4.72 Å². The highest BCUT2D eigenvalue weighted by Crippen LogP contribution is 2.18. The fourth-order valence-electron chi connectivity index (χ4n) is 1.19. The first-order valence-electron chi connectivity index (χ1n) is 5.24. The van der Waals surface area contributed by atoms with Gasteiger partial charge in [-0.05, 0) is 25.1 Å². The summed E-state index contributed by atoms with van der Waals surface area (Å²) in [5, 5.41) is 0. The predicted octanol–water partition coefficient (Wildman–Crippen LogP) is 0.927. The van der Waals surface area contributed by atoms with E-state index >= 15 is 0 Å². The summed E-state index contributed by atoms with van der Waals surface area (Å²) in [6.45, 7) is 1.78. The van der Waals surface area contributed by atoms with Crippen LogP contribution in [0.15, 0.2) is 34.1 Å². The third kappa shape index (κ3) is 4.73. The minimum Gasteiger partial charge on any atom is -0.380 e. The van der Waals surface area contributed by atoms with Crippen molar-refractivity contribution in [2.45, 2.75) is 22.8 Å². The van der Waals surface area contributed by atoms with Gasteiger partial charge in [0.2, 0.25) is 10.0 Å². The highest BCUT2D eigenvalue weighted by atomic mass is 35.7. The average molecular weight is 328 g/mol. The van der Waals surface area contributed by atoms with Crippen molar-refractivity contribution >= 4 is 29.8 Å². The number of hydrogen-bond acceptors (Lipinski definition) is 5. The second-order valence-electron chi connectivity index (χ2n) is 3.81. The van der Waals surface area contributed by atoms with Crippen LogP contribution in [-0.2, 0) is 23.8 Å². The Bertz CT molecular complexity index is 642. The minimum absolute atomic E-state index is 0.0800. The van der Waals surface area contributed by atoms with E-state index in [-0.39, 0.29) is 22.4 Å². The number of benzene rings is 1. The van der Waals surface area contributed by atoms with Crippen LogP contribution in [-0.4, -0.2) is 36.6 Å². The minimum atomic E-state index is -3.97. The zero-order chi connectivity index (χ0) is 14.7. The summed E-state index contributed by atoms with van der Waals surface area (Å²) in [6.07, 6.45) is -0.297. The van der Waals surface area contributed by atoms with E-state index in [1.165, 1.54) is 25.3 Å². The fraction of sp³-hybridized carbons (Fsp3) is 0.400. The third-order valence-corrected chi connectivity index (χ3v) is 5.13. The Balaban J connectivity index is 3.03. The quantitative estimate of drug-likeness (QED) is 0.785. The molecule has 108 valence electrons.